The predicted molar refractivity (Wildman–Crippen MR) is 61.9 cm³/mol. The largest absolute Gasteiger partial charge is 0.198 e. The Morgan fingerprint density at radius 2 is 1.93 bits per heavy atom. The van der Waals surface area contributed by atoms with Crippen LogP contribution in [0.3, 0.4) is 0 Å². The van der Waals surface area contributed by atoms with E-state index in [9.17, 15) is 0 Å². The third-order valence-electron chi connectivity index (χ3n) is 2.56. The van der Waals surface area contributed by atoms with Crippen LogP contribution < -0.4 is 0 Å². The molecule has 0 amide bonds. The Kier molecular flexibility index (Phi) is 3.71. The molecule has 1 aromatic rings. The maximum absolute atomic E-state index is 9.04. The van der Waals surface area contributed by atoms with Crippen LogP contribution >= 0.6 is 15.9 Å². The number of halogens is 1. The van der Waals surface area contributed by atoms with Crippen LogP contribution in [-0.2, 0) is 6.42 Å². The molecular weight excluding hydrogens is 238 g/mol. The van der Waals surface area contributed by atoms with Gasteiger partial charge in [0.2, 0.25) is 0 Å². The molecular formula is C12H14BrN. The summed E-state index contributed by atoms with van der Waals surface area (Å²) in [6.07, 6.45) is 1.72. The third-order valence-corrected chi connectivity index (χ3v) is 3.09. The Bertz CT molecular complexity index is 336. The summed E-state index contributed by atoms with van der Waals surface area (Å²) >= 11 is 3.39. The smallest absolute Gasteiger partial charge is 0.0690 e. The van der Waals surface area contributed by atoms with E-state index in [1.807, 2.05) is 19.1 Å². The molecule has 1 rings (SSSR count). The van der Waals surface area contributed by atoms with E-state index < -0.39 is 0 Å². The summed E-state index contributed by atoms with van der Waals surface area (Å²) in [6, 6.07) is 10.5. The summed E-state index contributed by atoms with van der Waals surface area (Å²) in [6.45, 7) is 4.07. The molecule has 0 saturated carbocycles. The second-order valence-corrected chi connectivity index (χ2v) is 4.74. The second kappa shape index (κ2) is 4.61. The zero-order valence-corrected chi connectivity index (χ0v) is 10.1. The molecule has 1 nitrogen and oxygen atoms in total. The minimum Gasteiger partial charge on any atom is -0.198 e. The van der Waals surface area contributed by atoms with Gasteiger partial charge in [-0.25, -0.2) is 0 Å². The lowest BCUT2D eigenvalue weighted by Crippen LogP contribution is -2.15. The van der Waals surface area contributed by atoms with Crippen molar-refractivity contribution in [1.29, 1.82) is 5.26 Å². The van der Waals surface area contributed by atoms with Crippen LogP contribution in [0.15, 0.2) is 28.7 Å². The first-order chi connectivity index (χ1) is 6.59. The number of benzene rings is 1. The molecule has 0 bridgehead atoms. The fraction of sp³-hybridized carbons (Fsp3) is 0.417. The van der Waals surface area contributed by atoms with Gasteiger partial charge in [0.25, 0.3) is 0 Å². The molecule has 1 unspecified atom stereocenters. The summed E-state index contributed by atoms with van der Waals surface area (Å²) < 4.78 is 1.08. The van der Waals surface area contributed by atoms with Crippen molar-refractivity contribution in [2.24, 2.45) is 5.41 Å². The van der Waals surface area contributed by atoms with Crippen molar-refractivity contribution >= 4 is 15.9 Å². The molecule has 1 aromatic carbocycles. The van der Waals surface area contributed by atoms with Gasteiger partial charge in [-0.2, -0.15) is 5.26 Å². The SMILES string of the molecule is CCC(C)(C#N)Cc1ccc(Br)cc1. The molecule has 1 atom stereocenters. The lowest BCUT2D eigenvalue weighted by Gasteiger charge is -2.18. The average molecular weight is 252 g/mol. The van der Waals surface area contributed by atoms with Gasteiger partial charge >= 0.3 is 0 Å². The van der Waals surface area contributed by atoms with E-state index in [0.29, 0.717) is 0 Å². The first kappa shape index (κ1) is 11.3. The van der Waals surface area contributed by atoms with Gasteiger partial charge in [-0.05, 0) is 37.5 Å². The van der Waals surface area contributed by atoms with E-state index in [0.717, 1.165) is 17.3 Å². The molecule has 0 radical (unpaired) electrons. The topological polar surface area (TPSA) is 23.8 Å². The maximum atomic E-state index is 9.04. The van der Waals surface area contributed by atoms with Gasteiger partial charge in [0.15, 0.2) is 0 Å². The van der Waals surface area contributed by atoms with Crippen LogP contribution in [0, 0.1) is 16.7 Å². The van der Waals surface area contributed by atoms with Crippen LogP contribution in [-0.4, -0.2) is 0 Å². The van der Waals surface area contributed by atoms with Gasteiger partial charge in [0.05, 0.1) is 11.5 Å². The van der Waals surface area contributed by atoms with E-state index in [1.165, 1.54) is 5.56 Å². The zero-order valence-electron chi connectivity index (χ0n) is 8.55. The minimum absolute atomic E-state index is 0.228. The van der Waals surface area contributed by atoms with E-state index in [1.54, 1.807) is 0 Å². The summed E-state index contributed by atoms with van der Waals surface area (Å²) in [5, 5.41) is 9.04. The molecule has 74 valence electrons. The summed E-state index contributed by atoms with van der Waals surface area (Å²) in [7, 11) is 0. The lowest BCUT2D eigenvalue weighted by molar-refractivity contribution is 0.423. The van der Waals surface area contributed by atoms with Crippen LogP contribution in [0.5, 0.6) is 0 Å². The van der Waals surface area contributed by atoms with E-state index in [4.69, 9.17) is 5.26 Å². The number of hydrogen-bond acceptors (Lipinski definition) is 1. The van der Waals surface area contributed by atoms with E-state index in [-0.39, 0.29) is 5.41 Å². The Morgan fingerprint density at radius 3 is 2.36 bits per heavy atom. The van der Waals surface area contributed by atoms with Gasteiger partial charge in [0.1, 0.15) is 0 Å². The predicted octanol–water partition coefficient (Wildman–Crippen LogP) is 3.93. The maximum Gasteiger partial charge on any atom is 0.0690 e. The van der Waals surface area contributed by atoms with Crippen molar-refractivity contribution in [3.05, 3.63) is 34.3 Å². The number of rotatable bonds is 3. The van der Waals surface area contributed by atoms with Crippen molar-refractivity contribution < 1.29 is 0 Å². The fourth-order valence-electron chi connectivity index (χ4n) is 1.30. The molecule has 0 aliphatic heterocycles. The molecule has 0 aliphatic carbocycles. The molecule has 0 aromatic heterocycles. The van der Waals surface area contributed by atoms with E-state index >= 15 is 0 Å². The van der Waals surface area contributed by atoms with Crippen LogP contribution in [0.4, 0.5) is 0 Å². The first-order valence-electron chi connectivity index (χ1n) is 4.75. The Labute approximate surface area is 93.9 Å². The van der Waals surface area contributed by atoms with Crippen LogP contribution in [0.1, 0.15) is 25.8 Å². The number of nitrogens with zero attached hydrogens (tertiary/aromatic N) is 1. The average Bonchev–Trinajstić information content (AvgIpc) is 2.21. The Morgan fingerprint density at radius 1 is 1.36 bits per heavy atom. The second-order valence-electron chi connectivity index (χ2n) is 3.83. The van der Waals surface area contributed by atoms with Gasteiger partial charge in [-0.15, -0.1) is 0 Å². The van der Waals surface area contributed by atoms with Crippen molar-refractivity contribution in [3.63, 3.8) is 0 Å². The number of hydrogen-bond donors (Lipinski definition) is 0. The highest BCUT2D eigenvalue weighted by Gasteiger charge is 2.21. The van der Waals surface area contributed by atoms with Gasteiger partial charge in [-0.3, -0.25) is 0 Å². The van der Waals surface area contributed by atoms with Gasteiger partial charge in [0, 0.05) is 4.47 Å². The van der Waals surface area contributed by atoms with Gasteiger partial charge in [-0.1, -0.05) is 35.0 Å². The summed E-state index contributed by atoms with van der Waals surface area (Å²) in [4.78, 5) is 0. The van der Waals surface area contributed by atoms with Crippen molar-refractivity contribution in [2.45, 2.75) is 26.7 Å². The van der Waals surface area contributed by atoms with E-state index in [2.05, 4.69) is 41.1 Å². The minimum atomic E-state index is -0.228. The van der Waals surface area contributed by atoms with Crippen LogP contribution in [0.25, 0.3) is 0 Å². The quantitative estimate of drug-likeness (QED) is 0.799. The Hall–Kier alpha value is -0.810. The third kappa shape index (κ3) is 2.85. The molecule has 0 fully saturated rings. The highest BCUT2D eigenvalue weighted by Crippen LogP contribution is 2.25. The molecule has 14 heavy (non-hydrogen) atoms. The molecule has 0 heterocycles. The molecule has 0 saturated heterocycles. The Balaban J connectivity index is 2.79. The number of nitriles is 1. The lowest BCUT2D eigenvalue weighted by atomic mass is 9.83. The standard InChI is InChI=1S/C12H14BrN/c1-3-12(2,9-14)8-10-4-6-11(13)7-5-10/h4-7H,3,8H2,1-2H3. The monoisotopic (exact) mass is 251 g/mol. The highest BCUT2D eigenvalue weighted by molar-refractivity contribution is 9.10. The molecule has 2 heteroatoms. The summed E-state index contributed by atoms with van der Waals surface area (Å²) in [5.41, 5.74) is 0.993. The zero-order chi connectivity index (χ0) is 10.6. The van der Waals surface area contributed by atoms with Crippen LogP contribution in [0.2, 0.25) is 0 Å². The highest BCUT2D eigenvalue weighted by atomic mass is 79.9. The summed E-state index contributed by atoms with van der Waals surface area (Å²) in [5.74, 6) is 0. The normalized spacial score (nSPS) is 14.4. The molecule has 0 spiro atoms. The van der Waals surface area contributed by atoms with Crippen molar-refractivity contribution in [2.75, 3.05) is 0 Å². The molecule has 0 N–H and O–H groups in total. The van der Waals surface area contributed by atoms with Crippen molar-refractivity contribution in [3.8, 4) is 6.07 Å². The molecule has 0 aliphatic rings. The first-order valence-corrected chi connectivity index (χ1v) is 5.54. The fourth-order valence-corrected chi connectivity index (χ4v) is 1.56. The van der Waals surface area contributed by atoms with Gasteiger partial charge < -0.3 is 0 Å². The van der Waals surface area contributed by atoms with Crippen molar-refractivity contribution in [1.82, 2.24) is 0 Å².